The Hall–Kier alpha value is -3.32. The van der Waals surface area contributed by atoms with E-state index in [-0.39, 0.29) is 11.7 Å². The Morgan fingerprint density at radius 1 is 1.03 bits per heavy atom. The Bertz CT molecular complexity index is 1090. The lowest BCUT2D eigenvalue weighted by Crippen LogP contribution is -3.11. The van der Waals surface area contributed by atoms with Crippen molar-refractivity contribution in [3.63, 3.8) is 0 Å². The van der Waals surface area contributed by atoms with Crippen molar-refractivity contribution in [3.8, 4) is 11.5 Å². The van der Waals surface area contributed by atoms with Crippen LogP contribution in [-0.2, 0) is 9.59 Å². The fourth-order valence-corrected chi connectivity index (χ4v) is 4.66. The van der Waals surface area contributed by atoms with Gasteiger partial charge in [-0.2, -0.15) is 0 Å². The number of ketones is 1. The zero-order chi connectivity index (χ0) is 26.9. The topological polar surface area (TPSA) is 83.3 Å². The molecule has 1 fully saturated rings. The number of hydrogen-bond acceptors (Lipinski definition) is 5. The fraction of sp³-hybridized carbons (Fsp3) is 0.467. The second-order valence-corrected chi connectivity index (χ2v) is 9.65. The monoisotopic (exact) mass is 508 g/mol. The molecule has 7 nitrogen and oxygen atoms in total. The number of hydrogen-bond donors (Lipinski definition) is 1. The number of nitrogens with zero attached hydrogens (tertiary/aromatic N) is 1. The summed E-state index contributed by atoms with van der Waals surface area (Å²) < 4.78 is 11.5. The normalized spacial score (nSPS) is 17.2. The van der Waals surface area contributed by atoms with Gasteiger partial charge in [0, 0.05) is 18.5 Å². The minimum atomic E-state index is -0.754. The van der Waals surface area contributed by atoms with Crippen molar-refractivity contribution in [2.75, 3.05) is 32.8 Å². The van der Waals surface area contributed by atoms with Crippen LogP contribution >= 0.6 is 0 Å². The molecule has 0 bridgehead atoms. The van der Waals surface area contributed by atoms with Crippen molar-refractivity contribution in [3.05, 3.63) is 65.2 Å². The largest absolute Gasteiger partial charge is 0.872 e. The van der Waals surface area contributed by atoms with Gasteiger partial charge in [0.05, 0.1) is 38.4 Å². The summed E-state index contributed by atoms with van der Waals surface area (Å²) in [5, 5.41) is 13.7. The predicted octanol–water partition coefficient (Wildman–Crippen LogP) is 2.80. The molecule has 3 rings (SSSR count). The molecule has 200 valence electrons. The maximum absolute atomic E-state index is 13.7. The first kappa shape index (κ1) is 28.3. The van der Waals surface area contributed by atoms with Crippen LogP contribution in [0, 0.1) is 0 Å². The molecule has 1 heterocycles. The van der Waals surface area contributed by atoms with E-state index in [0.717, 1.165) is 32.5 Å². The molecule has 1 saturated heterocycles. The summed E-state index contributed by atoms with van der Waals surface area (Å²) in [6.45, 7) is 14.0. The van der Waals surface area contributed by atoms with E-state index in [1.54, 1.807) is 29.2 Å². The summed E-state index contributed by atoms with van der Waals surface area (Å²) in [6, 6.07) is 13.3. The second-order valence-electron chi connectivity index (χ2n) is 9.65. The summed E-state index contributed by atoms with van der Waals surface area (Å²) in [5.41, 5.74) is 1.04. The highest BCUT2D eigenvalue weighted by Crippen LogP contribution is 2.39. The van der Waals surface area contributed by atoms with Gasteiger partial charge in [0.1, 0.15) is 11.5 Å². The van der Waals surface area contributed by atoms with Crippen molar-refractivity contribution in [1.82, 2.24) is 4.90 Å². The highest BCUT2D eigenvalue weighted by atomic mass is 16.5. The number of likely N-dealkylation sites (tertiary alicyclic amines) is 1. The third-order valence-corrected chi connectivity index (χ3v) is 6.59. The van der Waals surface area contributed by atoms with Gasteiger partial charge in [-0.3, -0.25) is 9.59 Å². The number of nitrogens with one attached hydrogen (secondary N) is 1. The third-order valence-electron chi connectivity index (χ3n) is 6.59. The van der Waals surface area contributed by atoms with E-state index in [2.05, 4.69) is 13.8 Å². The molecule has 0 aromatic heterocycles. The van der Waals surface area contributed by atoms with E-state index in [9.17, 15) is 14.7 Å². The molecule has 0 spiro atoms. The summed E-state index contributed by atoms with van der Waals surface area (Å²) in [4.78, 5) is 29.5. The van der Waals surface area contributed by atoms with Crippen LogP contribution in [0.25, 0.3) is 5.76 Å². The lowest BCUT2D eigenvalue weighted by Gasteiger charge is -2.28. The van der Waals surface area contributed by atoms with Crippen molar-refractivity contribution in [2.24, 2.45) is 0 Å². The van der Waals surface area contributed by atoms with Crippen LogP contribution in [0.5, 0.6) is 11.5 Å². The van der Waals surface area contributed by atoms with E-state index in [1.165, 1.54) is 4.90 Å². The van der Waals surface area contributed by atoms with Gasteiger partial charge in [-0.25, -0.2) is 0 Å². The number of benzene rings is 2. The number of ether oxygens (including phenoxy) is 2. The Balaban J connectivity index is 2.02. The molecule has 0 radical (unpaired) electrons. The fourth-order valence-electron chi connectivity index (χ4n) is 4.66. The number of carbonyl (C=O) groups excluding carboxylic acids is 2. The molecule has 1 unspecified atom stereocenters. The Kier molecular flexibility index (Phi) is 10.1. The smallest absolute Gasteiger partial charge is 0.295 e. The van der Waals surface area contributed by atoms with Gasteiger partial charge in [-0.15, -0.1) is 0 Å². The van der Waals surface area contributed by atoms with Crippen LogP contribution in [0.15, 0.2) is 54.1 Å². The first-order valence-electron chi connectivity index (χ1n) is 13.4. The molecule has 1 aliphatic heterocycles. The summed E-state index contributed by atoms with van der Waals surface area (Å²) in [7, 11) is 0. The zero-order valence-electron chi connectivity index (χ0n) is 22.7. The number of quaternary nitrogens is 1. The molecule has 7 heteroatoms. The summed E-state index contributed by atoms with van der Waals surface area (Å²) in [5.74, 6) is -0.491. The predicted molar refractivity (Wildman–Crippen MR) is 142 cm³/mol. The average Bonchev–Trinajstić information content (AvgIpc) is 3.15. The molecule has 0 aliphatic carbocycles. The minimum Gasteiger partial charge on any atom is -0.872 e. The molecule has 1 aliphatic rings. The Labute approximate surface area is 220 Å². The zero-order valence-corrected chi connectivity index (χ0v) is 22.7. The number of amides is 1. The van der Waals surface area contributed by atoms with E-state index in [4.69, 9.17) is 9.47 Å². The van der Waals surface area contributed by atoms with Crippen LogP contribution in [0.3, 0.4) is 0 Å². The molecular formula is C30H40N2O5. The molecule has 2 aromatic rings. The van der Waals surface area contributed by atoms with Crippen LogP contribution in [0.2, 0.25) is 0 Å². The van der Waals surface area contributed by atoms with Gasteiger partial charge in [0.15, 0.2) is 0 Å². The third kappa shape index (κ3) is 6.92. The van der Waals surface area contributed by atoms with Gasteiger partial charge in [0.2, 0.25) is 5.78 Å². The number of Topliss-reactive ketones (excluding diaryl/α,β-unsaturated/α-hetero) is 1. The molecular weight excluding hydrogens is 468 g/mol. The highest BCUT2D eigenvalue weighted by Gasteiger charge is 2.44. The summed E-state index contributed by atoms with van der Waals surface area (Å²) >= 11 is 0. The first-order valence-corrected chi connectivity index (χ1v) is 13.4. The number of rotatable bonds is 13. The molecule has 2 aromatic carbocycles. The van der Waals surface area contributed by atoms with Crippen molar-refractivity contribution in [1.29, 1.82) is 0 Å². The van der Waals surface area contributed by atoms with E-state index in [0.29, 0.717) is 35.8 Å². The minimum absolute atomic E-state index is 0.00303. The number of carbonyl (C=O) groups is 2. The average molecular weight is 509 g/mol. The standard InChI is InChI=1S/C30H40N2O5/c1-6-19-36-25-12-9-11-23(20-25)27-26(28(33)22-13-15-24(16-14-22)37-21(4)5)29(34)30(35)32(27)18-10-17-31(7-2)8-3/h9,11-16,20-21,27,33H,6-8,10,17-19H2,1-5H3/b28-26+. The highest BCUT2D eigenvalue weighted by molar-refractivity contribution is 6.46. The van der Waals surface area contributed by atoms with Crippen molar-refractivity contribution < 1.29 is 29.1 Å². The summed E-state index contributed by atoms with van der Waals surface area (Å²) in [6.07, 6.45) is 1.60. The molecule has 37 heavy (non-hydrogen) atoms. The molecule has 1 atom stereocenters. The van der Waals surface area contributed by atoms with E-state index >= 15 is 0 Å². The molecule has 0 saturated carbocycles. The van der Waals surface area contributed by atoms with E-state index < -0.39 is 23.5 Å². The maximum Gasteiger partial charge on any atom is 0.295 e. The van der Waals surface area contributed by atoms with Crippen LogP contribution in [-0.4, -0.2) is 55.5 Å². The maximum atomic E-state index is 13.7. The molecule has 1 amide bonds. The van der Waals surface area contributed by atoms with E-state index in [1.807, 2.05) is 45.0 Å². The van der Waals surface area contributed by atoms with Gasteiger partial charge in [-0.1, -0.05) is 36.9 Å². The Morgan fingerprint density at radius 2 is 1.73 bits per heavy atom. The van der Waals surface area contributed by atoms with Gasteiger partial charge >= 0.3 is 0 Å². The van der Waals surface area contributed by atoms with Gasteiger partial charge in [-0.05, 0) is 69.5 Å². The van der Waals surface area contributed by atoms with Crippen molar-refractivity contribution >= 4 is 17.4 Å². The second kappa shape index (κ2) is 13.3. The molecule has 1 N–H and O–H groups in total. The quantitative estimate of drug-likeness (QED) is 0.256. The van der Waals surface area contributed by atoms with Crippen LogP contribution in [0.1, 0.15) is 64.6 Å². The van der Waals surface area contributed by atoms with Gasteiger partial charge < -0.3 is 24.4 Å². The van der Waals surface area contributed by atoms with Crippen molar-refractivity contribution in [2.45, 2.75) is 59.6 Å². The van der Waals surface area contributed by atoms with Crippen LogP contribution in [0.4, 0.5) is 0 Å². The van der Waals surface area contributed by atoms with Crippen LogP contribution < -0.4 is 19.5 Å². The Morgan fingerprint density at radius 3 is 2.35 bits per heavy atom. The lowest BCUT2D eigenvalue weighted by molar-refractivity contribution is -0.896. The lowest BCUT2D eigenvalue weighted by atomic mass is 9.95. The van der Waals surface area contributed by atoms with Gasteiger partial charge in [0.25, 0.3) is 5.91 Å². The SMILES string of the molecule is CCCOc1cccc(C2/C(=C(\[O-])c3ccc(OC(C)C)cc3)C(=O)C(=O)N2CCC[NH+](CC)CC)c1. The first-order chi connectivity index (χ1) is 17.8.